The summed E-state index contributed by atoms with van der Waals surface area (Å²) in [5.74, 6) is -1.000. The molecule has 0 amide bonds. The number of rotatable bonds is 10. The molecular weight excluding hydrogens is 498 g/mol. The normalized spacial score (nSPS) is 11.7. The minimum Gasteiger partial charge on any atom is -0.466 e. The van der Waals surface area contributed by atoms with E-state index in [0.717, 1.165) is 16.2 Å². The number of anilines is 2. The second kappa shape index (κ2) is 12.3. The van der Waals surface area contributed by atoms with E-state index in [2.05, 4.69) is 24.9 Å². The van der Waals surface area contributed by atoms with E-state index in [-0.39, 0.29) is 25.1 Å². The Balaban J connectivity index is 0.00000544. The summed E-state index contributed by atoms with van der Waals surface area (Å²) in [6.45, 7) is 0.580. The quantitative estimate of drug-likeness (QED) is 0.187. The van der Waals surface area contributed by atoms with Crippen LogP contribution in [-0.2, 0) is 4.28 Å². The first-order valence-corrected chi connectivity index (χ1v) is 9.73. The maximum atomic E-state index is 12.6. The summed E-state index contributed by atoms with van der Waals surface area (Å²) in [6.07, 6.45) is -8.66. The van der Waals surface area contributed by atoms with Gasteiger partial charge in [-0.05, 0) is 23.6 Å². The van der Waals surface area contributed by atoms with Gasteiger partial charge in [-0.3, -0.25) is 9.79 Å². The Bertz CT molecular complexity index is 851. The van der Waals surface area contributed by atoms with Crippen LogP contribution in [0.25, 0.3) is 0 Å². The topological polar surface area (TPSA) is 68.7 Å². The molecule has 0 saturated carbocycles. The molecule has 0 spiro atoms. The van der Waals surface area contributed by atoms with Gasteiger partial charge in [0.05, 0.1) is 5.69 Å². The molecule has 1 aromatic carbocycles. The maximum Gasteiger partial charge on any atom is 0.422 e. The number of nitrogens with zero attached hydrogens (tertiary/aromatic N) is 3. The first-order chi connectivity index (χ1) is 14.9. The number of hydrogen-bond acceptors (Lipinski definition) is 8. The third-order valence-corrected chi connectivity index (χ3v) is 4.24. The van der Waals surface area contributed by atoms with Gasteiger partial charge in [0.2, 0.25) is 11.8 Å². The largest absolute Gasteiger partial charge is 0.466 e. The third kappa shape index (κ3) is 10.0. The van der Waals surface area contributed by atoms with Crippen LogP contribution in [0.4, 0.5) is 37.7 Å². The fourth-order valence-electron chi connectivity index (χ4n) is 2.25. The molecule has 7 nitrogen and oxygen atoms in total. The van der Waals surface area contributed by atoms with Gasteiger partial charge in [0.25, 0.3) is 0 Å². The molecule has 0 radical (unpaired) electrons. The van der Waals surface area contributed by atoms with Gasteiger partial charge in [-0.25, -0.2) is 0 Å². The number of halogens is 6. The lowest BCUT2D eigenvalue weighted by Gasteiger charge is -2.22. The van der Waals surface area contributed by atoms with Gasteiger partial charge in [0.15, 0.2) is 18.9 Å². The molecule has 33 heavy (non-hydrogen) atoms. The molecule has 1 N–H and O–H groups in total. The zero-order valence-corrected chi connectivity index (χ0v) is 19.4. The van der Waals surface area contributed by atoms with Crippen LogP contribution in [0.3, 0.4) is 0 Å². The molecule has 0 aliphatic rings. The summed E-state index contributed by atoms with van der Waals surface area (Å²) in [7, 11) is 1.30. The van der Waals surface area contributed by atoms with Crippen molar-refractivity contribution in [2.24, 2.45) is 0 Å². The van der Waals surface area contributed by atoms with E-state index in [1.807, 2.05) is 26.0 Å². The SMILES string of the molecule is CC(C)c1cccc(NOSN(C)c2c(OCC(F)(F)F)ncnc2OCC(F)(F)F)c1.S. The highest BCUT2D eigenvalue weighted by molar-refractivity contribution is 7.96. The van der Waals surface area contributed by atoms with Crippen molar-refractivity contribution in [3.63, 3.8) is 0 Å². The average Bonchev–Trinajstić information content (AvgIpc) is 2.69. The van der Waals surface area contributed by atoms with Gasteiger partial charge in [-0.1, -0.05) is 26.0 Å². The Morgan fingerprint density at radius 2 is 1.55 bits per heavy atom. The number of ether oxygens (including phenoxy) is 2. The van der Waals surface area contributed by atoms with Crippen LogP contribution in [-0.4, -0.2) is 42.6 Å². The van der Waals surface area contributed by atoms with E-state index in [0.29, 0.717) is 17.9 Å². The average molecular weight is 521 g/mol. The van der Waals surface area contributed by atoms with Crippen LogP contribution < -0.4 is 19.3 Å². The Kier molecular flexibility index (Phi) is 10.7. The first kappa shape index (κ1) is 28.8. The molecule has 0 atom stereocenters. The van der Waals surface area contributed by atoms with Gasteiger partial charge in [-0.2, -0.15) is 54.1 Å². The molecular formula is C18H22F6N4O3S2. The third-order valence-electron chi connectivity index (χ3n) is 3.68. The standard InChI is InChI=1S/C18H20F6N4O3S.H2S/c1-11(2)12-5-4-6-13(7-12)27-31-32-28(3)14-15(29-8-17(19,20)21)25-10-26-16(14)30-9-18(22,23)24;/h4-7,10-11,27H,8-9H2,1-3H3;1H2. The summed E-state index contributed by atoms with van der Waals surface area (Å²) in [4.78, 5) is 7.16. The molecule has 0 aliphatic carbocycles. The van der Waals surface area contributed by atoms with Crippen molar-refractivity contribution in [1.82, 2.24) is 9.97 Å². The van der Waals surface area contributed by atoms with Crippen molar-refractivity contribution >= 4 is 37.1 Å². The molecule has 0 fully saturated rings. The highest BCUT2D eigenvalue weighted by Crippen LogP contribution is 2.38. The number of hydrogen-bond donors (Lipinski definition) is 1. The number of nitrogens with one attached hydrogen (secondary N) is 1. The highest BCUT2D eigenvalue weighted by atomic mass is 32.2. The smallest absolute Gasteiger partial charge is 0.422 e. The van der Waals surface area contributed by atoms with Gasteiger partial charge in [-0.15, -0.1) is 0 Å². The number of aromatic nitrogens is 2. The minimum atomic E-state index is -4.69. The maximum absolute atomic E-state index is 12.6. The predicted molar refractivity (Wildman–Crippen MR) is 117 cm³/mol. The summed E-state index contributed by atoms with van der Waals surface area (Å²) < 4.78 is 90.9. The Morgan fingerprint density at radius 3 is 2.03 bits per heavy atom. The second-order valence-corrected chi connectivity index (χ2v) is 7.54. The lowest BCUT2D eigenvalue weighted by Crippen LogP contribution is -2.23. The van der Waals surface area contributed by atoms with E-state index in [9.17, 15) is 26.3 Å². The molecule has 2 rings (SSSR count). The molecule has 2 aromatic rings. The van der Waals surface area contributed by atoms with Gasteiger partial charge in [0, 0.05) is 7.05 Å². The van der Waals surface area contributed by atoms with Crippen molar-refractivity contribution < 1.29 is 40.1 Å². The molecule has 0 aliphatic heterocycles. The molecule has 15 heteroatoms. The lowest BCUT2D eigenvalue weighted by molar-refractivity contribution is -0.154. The Labute approximate surface area is 197 Å². The molecule has 0 saturated heterocycles. The monoisotopic (exact) mass is 520 g/mol. The number of alkyl halides is 6. The Morgan fingerprint density at radius 1 is 1.00 bits per heavy atom. The number of benzene rings is 1. The van der Waals surface area contributed by atoms with Crippen LogP contribution in [0.5, 0.6) is 11.8 Å². The Hall–Kier alpha value is -2.26. The lowest BCUT2D eigenvalue weighted by atomic mass is 10.0. The minimum absolute atomic E-state index is 0. The van der Waals surface area contributed by atoms with E-state index in [1.165, 1.54) is 7.05 Å². The zero-order valence-electron chi connectivity index (χ0n) is 17.6. The summed E-state index contributed by atoms with van der Waals surface area (Å²) >= 11 is 0.553. The molecule has 0 unspecified atom stereocenters. The van der Waals surface area contributed by atoms with Crippen molar-refractivity contribution in [1.29, 1.82) is 0 Å². The second-order valence-electron chi connectivity index (χ2n) is 6.68. The summed E-state index contributed by atoms with van der Waals surface area (Å²) in [5, 5.41) is 0. The van der Waals surface area contributed by atoms with Crippen LogP contribution in [0.1, 0.15) is 25.3 Å². The molecule has 186 valence electrons. The molecule has 1 aromatic heterocycles. The van der Waals surface area contributed by atoms with Crippen molar-refractivity contribution in [2.75, 3.05) is 30.0 Å². The van der Waals surface area contributed by atoms with E-state index >= 15 is 0 Å². The fraction of sp³-hybridized carbons (Fsp3) is 0.444. The predicted octanol–water partition coefficient (Wildman–Crippen LogP) is 5.64. The van der Waals surface area contributed by atoms with Crippen molar-refractivity contribution in [2.45, 2.75) is 32.1 Å². The van der Waals surface area contributed by atoms with Crippen LogP contribution in [0, 0.1) is 0 Å². The van der Waals surface area contributed by atoms with Gasteiger partial charge < -0.3 is 9.47 Å². The summed E-state index contributed by atoms with van der Waals surface area (Å²) in [5.41, 5.74) is 3.87. The zero-order chi connectivity index (χ0) is 23.9. The van der Waals surface area contributed by atoms with E-state index < -0.39 is 37.3 Å². The van der Waals surface area contributed by atoms with Crippen LogP contribution >= 0.6 is 25.7 Å². The van der Waals surface area contributed by atoms with Gasteiger partial charge >= 0.3 is 12.4 Å². The van der Waals surface area contributed by atoms with E-state index in [4.69, 9.17) is 4.28 Å². The summed E-state index contributed by atoms with van der Waals surface area (Å²) in [6, 6.07) is 7.26. The highest BCUT2D eigenvalue weighted by Gasteiger charge is 2.32. The molecule has 1 heterocycles. The van der Waals surface area contributed by atoms with Crippen molar-refractivity contribution in [3.05, 3.63) is 36.2 Å². The van der Waals surface area contributed by atoms with Crippen LogP contribution in [0.2, 0.25) is 0 Å². The molecule has 0 bridgehead atoms. The fourth-order valence-corrected chi connectivity index (χ4v) is 2.73. The first-order valence-electron chi connectivity index (χ1n) is 9.03. The van der Waals surface area contributed by atoms with E-state index in [1.54, 1.807) is 12.1 Å². The van der Waals surface area contributed by atoms with Crippen molar-refractivity contribution in [3.8, 4) is 11.8 Å². The van der Waals surface area contributed by atoms with Crippen LogP contribution in [0.15, 0.2) is 30.6 Å². The van der Waals surface area contributed by atoms with Gasteiger partial charge in [0.1, 0.15) is 18.6 Å².